The molecule has 0 saturated heterocycles. The van der Waals surface area contributed by atoms with Gasteiger partial charge < -0.3 is 4.90 Å². The van der Waals surface area contributed by atoms with E-state index >= 15 is 0 Å². The monoisotopic (exact) mass is 349 g/mol. The van der Waals surface area contributed by atoms with E-state index in [1.807, 2.05) is 13.8 Å². The molecule has 0 saturated carbocycles. The molecule has 0 bridgehead atoms. The van der Waals surface area contributed by atoms with E-state index in [-0.39, 0.29) is 6.04 Å². The number of nitrogens with zero attached hydrogens (tertiary/aromatic N) is 1. The van der Waals surface area contributed by atoms with Crippen molar-refractivity contribution in [3.05, 3.63) is 69.2 Å². The fourth-order valence-corrected chi connectivity index (χ4v) is 2.78. The van der Waals surface area contributed by atoms with Gasteiger partial charge in [0.2, 0.25) is 5.78 Å². The standard InChI is InChI=1S/C18H17Cl2NO2/c1-11-4-6-13(7-5-11)17(22)18(23)21(3)12(2)15-9-8-14(19)10-16(15)20/h4-10,12H,1-3H3. The van der Waals surface area contributed by atoms with Crippen molar-refractivity contribution in [1.82, 2.24) is 4.90 Å². The van der Waals surface area contributed by atoms with Crippen LogP contribution in [-0.4, -0.2) is 23.6 Å². The first-order chi connectivity index (χ1) is 10.8. The van der Waals surface area contributed by atoms with Crippen molar-refractivity contribution in [2.24, 2.45) is 0 Å². The average Bonchev–Trinajstić information content (AvgIpc) is 2.53. The summed E-state index contributed by atoms with van der Waals surface area (Å²) in [6.07, 6.45) is 0. The lowest BCUT2D eigenvalue weighted by Gasteiger charge is -2.25. The Labute approximate surface area is 145 Å². The van der Waals surface area contributed by atoms with Gasteiger partial charge in [-0.1, -0.05) is 59.1 Å². The molecule has 0 heterocycles. The lowest BCUT2D eigenvalue weighted by atomic mass is 10.0. The molecule has 5 heteroatoms. The molecule has 1 amide bonds. The van der Waals surface area contributed by atoms with Crippen molar-refractivity contribution in [2.75, 3.05) is 7.05 Å². The molecule has 0 spiro atoms. The van der Waals surface area contributed by atoms with Gasteiger partial charge in [-0.3, -0.25) is 9.59 Å². The van der Waals surface area contributed by atoms with E-state index in [1.165, 1.54) is 4.90 Å². The lowest BCUT2D eigenvalue weighted by molar-refractivity contribution is -0.127. The van der Waals surface area contributed by atoms with Gasteiger partial charge >= 0.3 is 0 Å². The highest BCUT2D eigenvalue weighted by atomic mass is 35.5. The first-order valence-electron chi connectivity index (χ1n) is 7.14. The topological polar surface area (TPSA) is 37.4 Å². The smallest absolute Gasteiger partial charge is 0.295 e. The van der Waals surface area contributed by atoms with E-state index in [0.29, 0.717) is 15.6 Å². The molecule has 0 aliphatic heterocycles. The predicted octanol–water partition coefficient (Wildman–Crippen LogP) is 4.70. The molecule has 120 valence electrons. The average molecular weight is 350 g/mol. The van der Waals surface area contributed by atoms with Crippen LogP contribution in [0.2, 0.25) is 10.0 Å². The molecule has 0 N–H and O–H groups in total. The van der Waals surface area contributed by atoms with Gasteiger partial charge in [0.25, 0.3) is 5.91 Å². The Kier molecular flexibility index (Phi) is 5.45. The zero-order chi connectivity index (χ0) is 17.1. The number of ketones is 1. The second kappa shape index (κ2) is 7.16. The number of aryl methyl sites for hydroxylation is 1. The second-order valence-corrected chi connectivity index (χ2v) is 6.30. The van der Waals surface area contributed by atoms with Crippen LogP contribution in [0.3, 0.4) is 0 Å². The van der Waals surface area contributed by atoms with Crippen LogP contribution in [0.15, 0.2) is 42.5 Å². The number of hydrogen-bond acceptors (Lipinski definition) is 2. The molecule has 2 aromatic rings. The van der Waals surface area contributed by atoms with Crippen LogP contribution in [-0.2, 0) is 4.79 Å². The number of carbonyl (C=O) groups excluding carboxylic acids is 2. The Hall–Kier alpha value is -1.84. The van der Waals surface area contributed by atoms with Gasteiger partial charge in [0.1, 0.15) is 0 Å². The highest BCUT2D eigenvalue weighted by Gasteiger charge is 2.25. The minimum atomic E-state index is -0.577. The van der Waals surface area contributed by atoms with Gasteiger partial charge in [0.15, 0.2) is 0 Å². The Bertz CT molecular complexity index is 741. The SMILES string of the molecule is Cc1ccc(C(=O)C(=O)N(C)C(C)c2ccc(Cl)cc2Cl)cc1. The number of halogens is 2. The maximum Gasteiger partial charge on any atom is 0.295 e. The molecular formula is C18H17Cl2NO2. The second-order valence-electron chi connectivity index (χ2n) is 5.45. The van der Waals surface area contributed by atoms with Crippen molar-refractivity contribution < 1.29 is 9.59 Å². The molecule has 1 atom stereocenters. The van der Waals surface area contributed by atoms with E-state index in [9.17, 15) is 9.59 Å². The van der Waals surface area contributed by atoms with E-state index in [4.69, 9.17) is 23.2 Å². The van der Waals surface area contributed by atoms with Crippen LogP contribution >= 0.6 is 23.2 Å². The summed E-state index contributed by atoms with van der Waals surface area (Å²) >= 11 is 12.1. The molecule has 1 unspecified atom stereocenters. The minimum Gasteiger partial charge on any atom is -0.332 e. The Morgan fingerprint density at radius 2 is 1.65 bits per heavy atom. The summed E-state index contributed by atoms with van der Waals surface area (Å²) in [5.74, 6) is -1.11. The number of hydrogen-bond donors (Lipinski definition) is 0. The Balaban J connectivity index is 2.21. The van der Waals surface area contributed by atoms with Gasteiger partial charge in [0.05, 0.1) is 6.04 Å². The number of amides is 1. The lowest BCUT2D eigenvalue weighted by Crippen LogP contribution is -2.35. The first kappa shape index (κ1) is 17.5. The van der Waals surface area contributed by atoms with Crippen molar-refractivity contribution in [2.45, 2.75) is 19.9 Å². The highest BCUT2D eigenvalue weighted by Crippen LogP contribution is 2.29. The van der Waals surface area contributed by atoms with Gasteiger partial charge in [-0.2, -0.15) is 0 Å². The largest absolute Gasteiger partial charge is 0.332 e. The molecule has 23 heavy (non-hydrogen) atoms. The van der Waals surface area contributed by atoms with E-state index in [0.717, 1.165) is 11.1 Å². The normalized spacial score (nSPS) is 11.9. The van der Waals surface area contributed by atoms with Gasteiger partial charge in [-0.25, -0.2) is 0 Å². The summed E-state index contributed by atoms with van der Waals surface area (Å²) in [5.41, 5.74) is 2.15. The van der Waals surface area contributed by atoms with Crippen molar-refractivity contribution in [1.29, 1.82) is 0 Å². The van der Waals surface area contributed by atoms with Gasteiger partial charge in [-0.05, 0) is 31.5 Å². The van der Waals surface area contributed by atoms with Crippen molar-refractivity contribution >= 4 is 34.9 Å². The third-order valence-corrected chi connectivity index (χ3v) is 4.38. The summed E-state index contributed by atoms with van der Waals surface area (Å²) < 4.78 is 0. The predicted molar refractivity (Wildman–Crippen MR) is 93.2 cm³/mol. The Morgan fingerprint density at radius 3 is 2.22 bits per heavy atom. The van der Waals surface area contributed by atoms with E-state index < -0.39 is 11.7 Å². The molecule has 2 aromatic carbocycles. The number of Topliss-reactive ketones (excluding diaryl/α,β-unsaturated/α-hetero) is 1. The summed E-state index contributed by atoms with van der Waals surface area (Å²) in [7, 11) is 1.59. The summed E-state index contributed by atoms with van der Waals surface area (Å²) in [6.45, 7) is 3.74. The minimum absolute atomic E-state index is 0.346. The number of carbonyl (C=O) groups is 2. The maximum absolute atomic E-state index is 12.4. The Morgan fingerprint density at radius 1 is 1.04 bits per heavy atom. The van der Waals surface area contributed by atoms with Gasteiger partial charge in [0, 0.05) is 22.7 Å². The maximum atomic E-state index is 12.4. The third kappa shape index (κ3) is 3.92. The van der Waals surface area contributed by atoms with Crippen LogP contribution in [0.1, 0.15) is 34.5 Å². The van der Waals surface area contributed by atoms with Crippen molar-refractivity contribution in [3.8, 4) is 0 Å². The molecule has 0 aliphatic carbocycles. The molecule has 0 radical (unpaired) electrons. The van der Waals surface area contributed by atoms with Gasteiger partial charge in [-0.15, -0.1) is 0 Å². The highest BCUT2D eigenvalue weighted by molar-refractivity contribution is 6.42. The van der Waals surface area contributed by atoms with Crippen LogP contribution < -0.4 is 0 Å². The fourth-order valence-electron chi connectivity index (χ4n) is 2.21. The molecular weight excluding hydrogens is 333 g/mol. The van der Waals surface area contributed by atoms with Crippen LogP contribution in [0.5, 0.6) is 0 Å². The third-order valence-electron chi connectivity index (χ3n) is 3.82. The van der Waals surface area contributed by atoms with Crippen LogP contribution in [0.25, 0.3) is 0 Å². The number of likely N-dealkylation sites (N-methyl/N-ethyl adjacent to an activating group) is 1. The fraction of sp³-hybridized carbons (Fsp3) is 0.222. The molecule has 2 rings (SSSR count). The summed E-state index contributed by atoms with van der Waals surface area (Å²) in [4.78, 5) is 26.1. The summed E-state index contributed by atoms with van der Waals surface area (Å²) in [6, 6.07) is 11.7. The molecule has 0 fully saturated rings. The zero-order valence-electron chi connectivity index (χ0n) is 13.1. The first-order valence-corrected chi connectivity index (χ1v) is 7.90. The van der Waals surface area contributed by atoms with Crippen LogP contribution in [0.4, 0.5) is 0 Å². The number of rotatable bonds is 4. The van der Waals surface area contributed by atoms with Crippen molar-refractivity contribution in [3.63, 3.8) is 0 Å². The zero-order valence-corrected chi connectivity index (χ0v) is 14.7. The van der Waals surface area contributed by atoms with E-state index in [2.05, 4.69) is 0 Å². The quantitative estimate of drug-likeness (QED) is 0.592. The van der Waals surface area contributed by atoms with Crippen LogP contribution in [0, 0.1) is 6.92 Å². The number of benzene rings is 2. The molecule has 0 aliphatic rings. The summed E-state index contributed by atoms with van der Waals surface area (Å²) in [5, 5.41) is 0.989. The molecule has 3 nitrogen and oxygen atoms in total. The van der Waals surface area contributed by atoms with E-state index in [1.54, 1.807) is 49.5 Å². The molecule has 0 aromatic heterocycles.